The molecule has 0 amide bonds. The Balaban J connectivity index is 3.25. The number of nitro groups is 1. The fourth-order valence-electron chi connectivity index (χ4n) is 1.21. The van der Waals surface area contributed by atoms with Crippen LogP contribution >= 0.6 is 15.9 Å². The molecule has 0 aromatic carbocycles. The van der Waals surface area contributed by atoms with E-state index in [0.717, 1.165) is 0 Å². The fourth-order valence-corrected chi connectivity index (χ4v) is 1.68. The lowest BCUT2D eigenvalue weighted by Gasteiger charge is -2.08. The highest BCUT2D eigenvalue weighted by molar-refractivity contribution is 9.10. The molecule has 0 fully saturated rings. The smallest absolute Gasteiger partial charge is 0.306 e. The van der Waals surface area contributed by atoms with Crippen LogP contribution in [0.4, 0.5) is 11.4 Å². The third-order valence-corrected chi connectivity index (χ3v) is 2.40. The molecule has 0 aliphatic heterocycles. The Hall–Kier alpha value is -1.37. The van der Waals surface area contributed by atoms with Gasteiger partial charge in [-0.25, -0.2) is 0 Å². The Morgan fingerprint density at radius 2 is 2.25 bits per heavy atom. The minimum Gasteiger partial charge on any atom is -0.372 e. The Kier molecular flexibility index (Phi) is 4.05. The molecule has 0 aliphatic rings. The van der Waals surface area contributed by atoms with Crippen LogP contribution in [0.1, 0.15) is 13.8 Å². The minimum absolute atomic E-state index is 0.00822. The SMILES string of the molecule is CO[n+]1cc(NC(C)C)c([N+](=O)[O-])cc1Br. The van der Waals surface area contributed by atoms with Crippen molar-refractivity contribution < 1.29 is 14.5 Å². The second kappa shape index (κ2) is 5.11. The summed E-state index contributed by atoms with van der Waals surface area (Å²) in [5, 5.41) is 13.8. The van der Waals surface area contributed by atoms with E-state index in [9.17, 15) is 10.1 Å². The zero-order valence-electron chi connectivity index (χ0n) is 9.23. The Labute approximate surface area is 101 Å². The van der Waals surface area contributed by atoms with E-state index in [1.165, 1.54) is 24.1 Å². The van der Waals surface area contributed by atoms with Crippen LogP contribution in [-0.2, 0) is 0 Å². The van der Waals surface area contributed by atoms with Gasteiger partial charge < -0.3 is 5.32 Å². The molecule has 1 aromatic rings. The molecular formula is C9H13BrN3O3+. The molecule has 88 valence electrons. The number of nitrogens with one attached hydrogen (secondary N) is 1. The third kappa shape index (κ3) is 2.82. The number of hydrogen-bond donors (Lipinski definition) is 1. The summed E-state index contributed by atoms with van der Waals surface area (Å²) in [4.78, 5) is 15.4. The van der Waals surface area contributed by atoms with Crippen molar-refractivity contribution >= 4 is 27.3 Å². The second-order valence-corrected chi connectivity index (χ2v) is 4.27. The predicted octanol–water partition coefficient (Wildman–Crippen LogP) is 1.52. The first kappa shape index (κ1) is 12.7. The number of nitrogens with zero attached hydrogens (tertiary/aromatic N) is 2. The van der Waals surface area contributed by atoms with E-state index in [1.54, 1.807) is 0 Å². The van der Waals surface area contributed by atoms with E-state index in [2.05, 4.69) is 21.2 Å². The van der Waals surface area contributed by atoms with Crippen molar-refractivity contribution in [3.05, 3.63) is 27.0 Å². The zero-order chi connectivity index (χ0) is 12.3. The highest BCUT2D eigenvalue weighted by atomic mass is 79.9. The highest BCUT2D eigenvalue weighted by Gasteiger charge is 2.24. The lowest BCUT2D eigenvalue weighted by Crippen LogP contribution is -2.42. The van der Waals surface area contributed by atoms with Gasteiger partial charge in [0.15, 0.2) is 5.69 Å². The van der Waals surface area contributed by atoms with Gasteiger partial charge >= 0.3 is 10.3 Å². The molecule has 0 bridgehead atoms. The van der Waals surface area contributed by atoms with Gasteiger partial charge in [0.05, 0.1) is 4.92 Å². The molecule has 0 saturated carbocycles. The molecule has 6 nitrogen and oxygen atoms in total. The Bertz CT molecular complexity index is 409. The van der Waals surface area contributed by atoms with Crippen LogP contribution in [-0.4, -0.2) is 18.1 Å². The van der Waals surface area contributed by atoms with Crippen molar-refractivity contribution in [2.75, 3.05) is 12.4 Å². The molecule has 0 spiro atoms. The molecule has 0 aliphatic carbocycles. The van der Waals surface area contributed by atoms with Crippen molar-refractivity contribution in [3.8, 4) is 0 Å². The van der Waals surface area contributed by atoms with Crippen LogP contribution in [0.3, 0.4) is 0 Å². The van der Waals surface area contributed by atoms with Crippen molar-refractivity contribution in [2.24, 2.45) is 0 Å². The van der Waals surface area contributed by atoms with Gasteiger partial charge in [0.25, 0.3) is 6.20 Å². The Morgan fingerprint density at radius 1 is 1.62 bits per heavy atom. The molecule has 1 heterocycles. The summed E-state index contributed by atoms with van der Waals surface area (Å²) in [5.41, 5.74) is 0.430. The molecule has 0 radical (unpaired) electrons. The summed E-state index contributed by atoms with van der Waals surface area (Å²) in [6, 6.07) is 1.50. The topological polar surface area (TPSA) is 68.3 Å². The predicted molar refractivity (Wildman–Crippen MR) is 62.3 cm³/mol. The number of anilines is 1. The molecule has 0 unspecified atom stereocenters. The van der Waals surface area contributed by atoms with Gasteiger partial charge in [0.1, 0.15) is 13.2 Å². The Morgan fingerprint density at radius 3 is 2.69 bits per heavy atom. The van der Waals surface area contributed by atoms with Crippen molar-refractivity contribution in [2.45, 2.75) is 19.9 Å². The number of pyridine rings is 1. The lowest BCUT2D eigenvalue weighted by molar-refractivity contribution is -0.893. The second-order valence-electron chi connectivity index (χ2n) is 3.46. The maximum Gasteiger partial charge on any atom is 0.306 e. The van der Waals surface area contributed by atoms with Crippen molar-refractivity contribution in [3.63, 3.8) is 0 Å². The van der Waals surface area contributed by atoms with Crippen LogP contribution in [0.5, 0.6) is 0 Å². The first-order chi connectivity index (χ1) is 7.45. The molecule has 0 atom stereocenters. The number of hydrogen-bond acceptors (Lipinski definition) is 4. The maximum absolute atomic E-state index is 10.8. The van der Waals surface area contributed by atoms with E-state index in [-0.39, 0.29) is 11.7 Å². The van der Waals surface area contributed by atoms with Crippen molar-refractivity contribution in [1.82, 2.24) is 0 Å². The molecular weight excluding hydrogens is 278 g/mol. The number of halogens is 1. The molecule has 0 saturated heterocycles. The van der Waals surface area contributed by atoms with Gasteiger partial charge in [0, 0.05) is 26.7 Å². The molecule has 1 rings (SSSR count). The standard InChI is InChI=1S/C9H13BrN3O3/c1-6(2)11-7-5-12(16-3)9(10)4-8(7)13(14)15/h4-6,11H,1-3H3/q+1. The summed E-state index contributed by atoms with van der Waals surface area (Å²) in [5.74, 6) is 0. The van der Waals surface area contributed by atoms with Crippen LogP contribution < -0.4 is 14.9 Å². The first-order valence-corrected chi connectivity index (χ1v) is 5.45. The number of aromatic nitrogens is 1. The van der Waals surface area contributed by atoms with Gasteiger partial charge in [-0.15, -0.1) is 0 Å². The van der Waals surface area contributed by atoms with E-state index in [1.807, 2.05) is 13.8 Å². The molecule has 1 N–H and O–H groups in total. The van der Waals surface area contributed by atoms with Gasteiger partial charge in [-0.05, 0) is 13.8 Å². The molecule has 16 heavy (non-hydrogen) atoms. The van der Waals surface area contributed by atoms with Crippen LogP contribution in [0.25, 0.3) is 0 Å². The summed E-state index contributed by atoms with van der Waals surface area (Å²) >= 11 is 3.18. The third-order valence-electron chi connectivity index (χ3n) is 1.83. The maximum atomic E-state index is 10.8. The van der Waals surface area contributed by atoms with Gasteiger partial charge in [-0.3, -0.25) is 15.0 Å². The van der Waals surface area contributed by atoms with E-state index in [0.29, 0.717) is 10.3 Å². The monoisotopic (exact) mass is 290 g/mol. The average molecular weight is 291 g/mol. The van der Waals surface area contributed by atoms with E-state index >= 15 is 0 Å². The largest absolute Gasteiger partial charge is 0.372 e. The summed E-state index contributed by atoms with van der Waals surface area (Å²) in [7, 11) is 1.48. The van der Waals surface area contributed by atoms with E-state index in [4.69, 9.17) is 4.84 Å². The molecule has 7 heteroatoms. The summed E-state index contributed by atoms with van der Waals surface area (Å²) < 4.78 is 1.88. The zero-order valence-corrected chi connectivity index (χ0v) is 10.8. The summed E-state index contributed by atoms with van der Waals surface area (Å²) in [6.45, 7) is 3.81. The molecule has 1 aromatic heterocycles. The quantitative estimate of drug-likeness (QED) is 0.395. The van der Waals surface area contributed by atoms with E-state index < -0.39 is 4.92 Å². The minimum atomic E-state index is -0.435. The summed E-state index contributed by atoms with van der Waals surface area (Å²) in [6.07, 6.45) is 1.53. The van der Waals surface area contributed by atoms with Gasteiger partial charge in [-0.1, -0.05) is 0 Å². The van der Waals surface area contributed by atoms with Gasteiger partial charge in [-0.2, -0.15) is 0 Å². The van der Waals surface area contributed by atoms with Gasteiger partial charge in [0.2, 0.25) is 0 Å². The first-order valence-electron chi connectivity index (χ1n) is 4.66. The van der Waals surface area contributed by atoms with Crippen LogP contribution in [0, 0.1) is 10.1 Å². The highest BCUT2D eigenvalue weighted by Crippen LogP contribution is 2.25. The number of rotatable bonds is 4. The normalized spacial score (nSPS) is 10.3. The lowest BCUT2D eigenvalue weighted by atomic mass is 10.3. The fraction of sp³-hybridized carbons (Fsp3) is 0.444. The van der Waals surface area contributed by atoms with Crippen LogP contribution in [0.15, 0.2) is 16.9 Å². The van der Waals surface area contributed by atoms with Crippen LogP contribution in [0.2, 0.25) is 0 Å². The average Bonchev–Trinajstić information content (AvgIpc) is 2.19. The van der Waals surface area contributed by atoms with Crippen molar-refractivity contribution in [1.29, 1.82) is 0 Å².